The first kappa shape index (κ1) is 11.7. The van der Waals surface area contributed by atoms with Crippen LogP contribution in [0.5, 0.6) is 5.75 Å². The van der Waals surface area contributed by atoms with Gasteiger partial charge in [0.15, 0.2) is 6.10 Å². The lowest BCUT2D eigenvalue weighted by Gasteiger charge is -2.26. The van der Waals surface area contributed by atoms with Crippen molar-refractivity contribution >= 4 is 11.5 Å². The number of halogens is 1. The maximum absolute atomic E-state index is 12.8. The highest BCUT2D eigenvalue weighted by Gasteiger charge is 2.26. The van der Waals surface area contributed by atoms with E-state index in [1.165, 1.54) is 24.3 Å². The van der Waals surface area contributed by atoms with Crippen LogP contribution < -0.4 is 10.1 Å². The van der Waals surface area contributed by atoms with E-state index in [4.69, 9.17) is 4.74 Å². The molecule has 0 aromatic heterocycles. The Bertz CT molecular complexity index is 610. The average Bonchev–Trinajstić information content (AvgIpc) is 2.47. The Morgan fingerprint density at radius 1 is 1.16 bits per heavy atom. The number of carbonyl (C=O) groups excluding carboxylic acids is 1. The van der Waals surface area contributed by atoms with Gasteiger partial charge in [-0.15, -0.1) is 0 Å². The summed E-state index contributed by atoms with van der Waals surface area (Å²) >= 11 is 0. The molecule has 3 nitrogen and oxygen atoms in total. The van der Waals surface area contributed by atoms with E-state index in [9.17, 15) is 9.18 Å². The Morgan fingerprint density at radius 3 is 2.68 bits per heavy atom. The highest BCUT2D eigenvalue weighted by Crippen LogP contribution is 2.29. The smallest absolute Gasteiger partial charge is 0.205 e. The minimum Gasteiger partial charge on any atom is -0.478 e. The number of rotatable bonds is 2. The fraction of sp³-hybridized carbons (Fsp3) is 0.133. The van der Waals surface area contributed by atoms with E-state index < -0.39 is 6.10 Å². The molecule has 2 aromatic carbocycles. The number of benzene rings is 2. The molecule has 1 N–H and O–H groups in total. The molecule has 0 fully saturated rings. The summed E-state index contributed by atoms with van der Waals surface area (Å²) in [6.07, 6.45) is -0.583. The number of ketones is 1. The van der Waals surface area contributed by atoms with Gasteiger partial charge in [0, 0.05) is 5.56 Å². The van der Waals surface area contributed by atoms with Crippen molar-refractivity contribution in [1.29, 1.82) is 0 Å². The van der Waals surface area contributed by atoms with E-state index in [2.05, 4.69) is 5.32 Å². The highest BCUT2D eigenvalue weighted by atomic mass is 19.1. The minimum atomic E-state index is -0.583. The molecular weight excluding hydrogens is 245 g/mol. The van der Waals surface area contributed by atoms with Gasteiger partial charge in [0.2, 0.25) is 5.78 Å². The summed E-state index contributed by atoms with van der Waals surface area (Å²) in [7, 11) is 0. The first-order valence-corrected chi connectivity index (χ1v) is 6.03. The van der Waals surface area contributed by atoms with Crippen LogP contribution in [0.25, 0.3) is 0 Å². The molecule has 96 valence electrons. The van der Waals surface area contributed by atoms with E-state index in [1.54, 1.807) is 0 Å². The molecule has 0 spiro atoms. The van der Waals surface area contributed by atoms with Gasteiger partial charge < -0.3 is 10.1 Å². The van der Waals surface area contributed by atoms with E-state index in [0.29, 0.717) is 17.9 Å². The third-order valence-electron chi connectivity index (χ3n) is 3.06. The van der Waals surface area contributed by atoms with E-state index in [-0.39, 0.29) is 11.6 Å². The van der Waals surface area contributed by atoms with Crippen molar-refractivity contribution in [3.63, 3.8) is 0 Å². The van der Waals surface area contributed by atoms with Gasteiger partial charge in [0.25, 0.3) is 0 Å². The van der Waals surface area contributed by atoms with Crippen LogP contribution in [0, 0.1) is 5.82 Å². The third-order valence-corrected chi connectivity index (χ3v) is 3.06. The SMILES string of the molecule is O=C(c1ccc(F)cc1)C1CNc2ccccc2O1. The standard InChI is InChI=1S/C15H12FNO2/c16-11-7-5-10(6-8-11)15(18)14-9-17-12-3-1-2-4-13(12)19-14/h1-8,14,17H,9H2. The van der Waals surface area contributed by atoms with Crippen LogP contribution in [-0.2, 0) is 0 Å². The van der Waals surface area contributed by atoms with Gasteiger partial charge in [-0.3, -0.25) is 4.79 Å². The Balaban J connectivity index is 1.81. The van der Waals surface area contributed by atoms with Gasteiger partial charge in [0.05, 0.1) is 12.2 Å². The number of Topliss-reactive ketones (excluding diaryl/α,β-unsaturated/α-hetero) is 1. The van der Waals surface area contributed by atoms with Gasteiger partial charge in [-0.25, -0.2) is 4.39 Å². The van der Waals surface area contributed by atoms with Crippen molar-refractivity contribution in [2.45, 2.75) is 6.10 Å². The maximum Gasteiger partial charge on any atom is 0.205 e. The molecule has 0 radical (unpaired) electrons. The molecule has 4 heteroatoms. The zero-order valence-electron chi connectivity index (χ0n) is 10.1. The number of anilines is 1. The summed E-state index contributed by atoms with van der Waals surface area (Å²) < 4.78 is 18.5. The highest BCUT2D eigenvalue weighted by molar-refractivity contribution is 6.00. The Labute approximate surface area is 110 Å². The molecule has 0 amide bonds. The zero-order valence-corrected chi connectivity index (χ0v) is 10.1. The lowest BCUT2D eigenvalue weighted by molar-refractivity contribution is 0.0801. The Hall–Kier alpha value is -2.36. The normalized spacial score (nSPS) is 17.0. The van der Waals surface area contributed by atoms with Crippen molar-refractivity contribution in [1.82, 2.24) is 0 Å². The van der Waals surface area contributed by atoms with Crippen molar-refractivity contribution < 1.29 is 13.9 Å². The fourth-order valence-corrected chi connectivity index (χ4v) is 2.06. The van der Waals surface area contributed by atoms with Gasteiger partial charge in [-0.05, 0) is 36.4 Å². The topological polar surface area (TPSA) is 38.3 Å². The van der Waals surface area contributed by atoms with E-state index in [1.807, 2.05) is 24.3 Å². The molecule has 19 heavy (non-hydrogen) atoms. The number of carbonyl (C=O) groups is 1. The Kier molecular flexibility index (Phi) is 2.91. The van der Waals surface area contributed by atoms with Crippen molar-refractivity contribution in [2.75, 3.05) is 11.9 Å². The van der Waals surface area contributed by atoms with Crippen LogP contribution >= 0.6 is 0 Å². The molecular formula is C15H12FNO2. The second-order valence-corrected chi connectivity index (χ2v) is 4.35. The summed E-state index contributed by atoms with van der Waals surface area (Å²) in [6, 6.07) is 13.0. The number of fused-ring (bicyclic) bond motifs is 1. The largest absolute Gasteiger partial charge is 0.478 e. The van der Waals surface area contributed by atoms with Crippen molar-refractivity contribution in [3.8, 4) is 5.75 Å². The van der Waals surface area contributed by atoms with Gasteiger partial charge >= 0.3 is 0 Å². The van der Waals surface area contributed by atoms with Crippen molar-refractivity contribution in [2.24, 2.45) is 0 Å². The molecule has 0 saturated carbocycles. The summed E-state index contributed by atoms with van der Waals surface area (Å²) in [6.45, 7) is 0.410. The fourth-order valence-electron chi connectivity index (χ4n) is 2.06. The lowest BCUT2D eigenvalue weighted by atomic mass is 10.0. The van der Waals surface area contributed by atoms with Crippen LogP contribution in [0.3, 0.4) is 0 Å². The number of hydrogen-bond acceptors (Lipinski definition) is 3. The molecule has 1 atom stereocenters. The first-order chi connectivity index (χ1) is 9.24. The molecule has 1 unspecified atom stereocenters. The summed E-state index contributed by atoms with van der Waals surface area (Å²) in [5.41, 5.74) is 1.33. The van der Waals surface area contributed by atoms with E-state index in [0.717, 1.165) is 5.69 Å². The minimum absolute atomic E-state index is 0.151. The second-order valence-electron chi connectivity index (χ2n) is 4.35. The predicted molar refractivity (Wildman–Crippen MR) is 70.1 cm³/mol. The molecule has 2 aromatic rings. The maximum atomic E-state index is 12.8. The van der Waals surface area contributed by atoms with Crippen LogP contribution in [0.1, 0.15) is 10.4 Å². The number of hydrogen-bond donors (Lipinski definition) is 1. The number of ether oxygens (including phenoxy) is 1. The van der Waals surface area contributed by atoms with Gasteiger partial charge in [-0.1, -0.05) is 12.1 Å². The van der Waals surface area contributed by atoms with E-state index >= 15 is 0 Å². The lowest BCUT2D eigenvalue weighted by Crippen LogP contribution is -2.37. The molecule has 1 aliphatic rings. The molecule has 1 aliphatic heterocycles. The summed E-state index contributed by atoms with van der Waals surface area (Å²) in [4.78, 5) is 12.2. The summed E-state index contributed by atoms with van der Waals surface area (Å²) in [5.74, 6) is 0.154. The van der Waals surface area contributed by atoms with Crippen LogP contribution in [0.2, 0.25) is 0 Å². The van der Waals surface area contributed by atoms with Crippen LogP contribution in [-0.4, -0.2) is 18.4 Å². The monoisotopic (exact) mass is 257 g/mol. The molecule has 0 bridgehead atoms. The zero-order chi connectivity index (χ0) is 13.2. The predicted octanol–water partition coefficient (Wildman–Crippen LogP) is 2.88. The second kappa shape index (κ2) is 4.72. The number of nitrogens with one attached hydrogen (secondary N) is 1. The number of para-hydroxylation sites is 2. The summed E-state index contributed by atoms with van der Waals surface area (Å²) in [5, 5.41) is 3.15. The van der Waals surface area contributed by atoms with Crippen LogP contribution in [0.4, 0.5) is 10.1 Å². The van der Waals surface area contributed by atoms with Crippen molar-refractivity contribution in [3.05, 3.63) is 59.9 Å². The third kappa shape index (κ3) is 2.29. The quantitative estimate of drug-likeness (QED) is 0.841. The van der Waals surface area contributed by atoms with Crippen LogP contribution in [0.15, 0.2) is 48.5 Å². The molecule has 0 aliphatic carbocycles. The molecule has 1 heterocycles. The average molecular weight is 257 g/mol. The molecule has 0 saturated heterocycles. The van der Waals surface area contributed by atoms with Gasteiger partial charge in [0.1, 0.15) is 11.6 Å². The molecule has 3 rings (SSSR count). The van der Waals surface area contributed by atoms with Gasteiger partial charge in [-0.2, -0.15) is 0 Å². The Morgan fingerprint density at radius 2 is 1.89 bits per heavy atom. The first-order valence-electron chi connectivity index (χ1n) is 6.03.